The molecule has 0 saturated carbocycles. The minimum Gasteiger partial charge on any atom is -0.394 e. The topological polar surface area (TPSA) is 70.1 Å². The summed E-state index contributed by atoms with van der Waals surface area (Å²) in [7, 11) is -3.37. The molecule has 5 rings (SSSR count). The molecule has 0 bridgehead atoms. The van der Waals surface area contributed by atoms with Crippen molar-refractivity contribution >= 4 is 64.4 Å². The van der Waals surface area contributed by atoms with Crippen LogP contribution in [0.2, 0.25) is 18.6 Å². The number of aliphatic hydroxyl groups excluding tert-OH is 1. The minimum atomic E-state index is -3.37. The van der Waals surface area contributed by atoms with Crippen LogP contribution in [-0.2, 0) is 26.5 Å². The molecule has 10 heteroatoms. The van der Waals surface area contributed by atoms with Gasteiger partial charge in [-0.3, -0.25) is 9.59 Å². The molecule has 204 valence electrons. The molecule has 2 amide bonds. The van der Waals surface area contributed by atoms with Crippen molar-refractivity contribution in [2.75, 3.05) is 18.1 Å². The van der Waals surface area contributed by atoms with E-state index >= 15 is 4.11 Å². The van der Waals surface area contributed by atoms with E-state index in [1.807, 2.05) is 49.4 Å². The Morgan fingerprint density at radius 3 is 2.74 bits per heavy atom. The molecule has 5 atom stereocenters. The number of fused-ring (bicyclic) bond motifs is 2. The average molecular weight is 715 g/mol. The first-order chi connectivity index (χ1) is 18.0. The first-order valence-corrected chi connectivity index (χ1v) is 17.9. The summed E-state index contributed by atoms with van der Waals surface area (Å²) in [5.41, 5.74) is 0.564. The Morgan fingerprint density at radius 1 is 1.29 bits per heavy atom. The van der Waals surface area contributed by atoms with Crippen molar-refractivity contribution in [3.8, 4) is 0 Å². The van der Waals surface area contributed by atoms with E-state index in [0.717, 1.165) is 37.7 Å². The van der Waals surface area contributed by atoms with E-state index in [1.165, 1.54) is 0 Å². The van der Waals surface area contributed by atoms with Gasteiger partial charge in [0.15, 0.2) is 5.60 Å². The number of ether oxygens (including phenoxy) is 1. The molecule has 1 N–H and O–H groups in total. The zero-order valence-electron chi connectivity index (χ0n) is 21.8. The van der Waals surface area contributed by atoms with E-state index in [1.54, 1.807) is 22.9 Å². The molecular formula is C28H33BrFIN2O4Si. The number of likely N-dealkylation sites (tertiary alicyclic amines) is 1. The van der Waals surface area contributed by atoms with Crippen LogP contribution in [-0.4, -0.2) is 55.5 Å². The molecule has 6 nitrogen and oxygen atoms in total. The fourth-order valence-electron chi connectivity index (χ4n) is 6.84. The molecule has 0 unspecified atom stereocenters. The smallest absolute Gasteiger partial charge is 0.264 e. The molecule has 0 radical (unpaired) electrons. The molecule has 2 aromatic rings. The van der Waals surface area contributed by atoms with Crippen LogP contribution in [0.3, 0.4) is 0 Å². The lowest BCUT2D eigenvalue weighted by atomic mass is 9.82. The number of amides is 2. The maximum Gasteiger partial charge on any atom is 0.264 e. The minimum absolute atomic E-state index is 0.00109. The summed E-state index contributed by atoms with van der Waals surface area (Å²) >= 11 is 5.82. The molecule has 2 aromatic carbocycles. The summed E-state index contributed by atoms with van der Waals surface area (Å²) in [6.45, 7) is 6.07. The van der Waals surface area contributed by atoms with Crippen LogP contribution in [0.4, 0.5) is 9.80 Å². The van der Waals surface area contributed by atoms with Crippen LogP contribution in [0, 0.1) is 9.49 Å². The van der Waals surface area contributed by atoms with Gasteiger partial charge in [0.05, 0.1) is 37.4 Å². The number of carbonyl (C=O) groups is 2. The number of aliphatic hydroxyl groups is 1. The maximum absolute atomic E-state index is 16.0. The highest BCUT2D eigenvalue weighted by Gasteiger charge is 2.67. The summed E-state index contributed by atoms with van der Waals surface area (Å²) < 4.78 is 24.6. The zero-order valence-corrected chi connectivity index (χ0v) is 26.5. The highest BCUT2D eigenvalue weighted by atomic mass is 127. The molecular weight excluding hydrogens is 682 g/mol. The van der Waals surface area contributed by atoms with E-state index < -0.39 is 31.6 Å². The Bertz CT molecular complexity index is 1260. The predicted molar refractivity (Wildman–Crippen MR) is 159 cm³/mol. The van der Waals surface area contributed by atoms with E-state index in [-0.39, 0.29) is 30.9 Å². The first-order valence-electron chi connectivity index (χ1n) is 13.1. The molecule has 3 heterocycles. The predicted octanol–water partition coefficient (Wildman–Crippen LogP) is 5.75. The Morgan fingerprint density at radius 2 is 2.05 bits per heavy atom. The molecule has 2 fully saturated rings. The second-order valence-corrected chi connectivity index (χ2v) is 17.2. The number of hydrogen-bond acceptors (Lipinski definition) is 4. The van der Waals surface area contributed by atoms with Crippen molar-refractivity contribution in [2.24, 2.45) is 5.92 Å². The van der Waals surface area contributed by atoms with Crippen molar-refractivity contribution in [3.63, 3.8) is 0 Å². The van der Waals surface area contributed by atoms with Crippen LogP contribution in [0.5, 0.6) is 0 Å². The standard InChI is InChI=1S/C28H33BrFIN2O4Si/c1-17-26(38(2,3)30)24(14-25(35)32-11-5-8-21(32)16-34)37-28(17)22-13-19(29)9-10-23(22)33(27(28)36)15-18-6-4-7-20(31)12-18/h4,6-7,9-10,12-13,17,21,24,26,34H,5,8,11,14-16H2,1-3H3/t17-,21-,24+,26-,28+/m0/s1. The molecule has 2 saturated heterocycles. The van der Waals surface area contributed by atoms with Crippen molar-refractivity contribution in [3.05, 3.63) is 61.6 Å². The summed E-state index contributed by atoms with van der Waals surface area (Å²) in [6, 6.07) is 13.5. The lowest BCUT2D eigenvalue weighted by molar-refractivity contribution is -0.150. The normalized spacial score (nSPS) is 29.0. The molecule has 3 aliphatic heterocycles. The second-order valence-electron chi connectivity index (χ2n) is 11.2. The summed E-state index contributed by atoms with van der Waals surface area (Å²) in [5, 5.41) is 9.74. The Kier molecular flexibility index (Phi) is 7.84. The van der Waals surface area contributed by atoms with Crippen LogP contribution >= 0.6 is 38.5 Å². The van der Waals surface area contributed by atoms with E-state index in [0.29, 0.717) is 13.1 Å². The SMILES string of the molecule is C[C@H]1[C@H]([Si](C)(C)F)[C@@H](CC(=O)N2CCC[C@H]2CO)O[C@]12C(=O)N(Cc1cccc(I)c1)c1ccc(Br)cc12. The molecule has 3 aliphatic rings. The number of benzene rings is 2. The van der Waals surface area contributed by atoms with Crippen molar-refractivity contribution in [1.82, 2.24) is 4.90 Å². The third-order valence-electron chi connectivity index (χ3n) is 8.44. The van der Waals surface area contributed by atoms with Gasteiger partial charge in [0.1, 0.15) is 0 Å². The summed E-state index contributed by atoms with van der Waals surface area (Å²) in [4.78, 5) is 31.3. The third kappa shape index (κ3) is 4.78. The maximum atomic E-state index is 16.0. The van der Waals surface area contributed by atoms with Gasteiger partial charge >= 0.3 is 0 Å². The molecule has 0 aromatic heterocycles. The highest BCUT2D eigenvalue weighted by Crippen LogP contribution is 2.60. The number of nitrogens with zero attached hydrogens (tertiary/aromatic N) is 2. The van der Waals surface area contributed by atoms with Crippen LogP contribution in [0.1, 0.15) is 37.3 Å². The van der Waals surface area contributed by atoms with Crippen LogP contribution < -0.4 is 4.90 Å². The van der Waals surface area contributed by atoms with Gasteiger partial charge < -0.3 is 23.8 Å². The number of carbonyl (C=O) groups excluding carboxylic acids is 2. The zero-order chi connectivity index (χ0) is 27.4. The quantitative estimate of drug-likeness (QED) is 0.235. The van der Waals surface area contributed by atoms with E-state index in [4.69, 9.17) is 4.74 Å². The largest absolute Gasteiger partial charge is 0.394 e. The number of halogens is 3. The Hall–Kier alpha value is -1.34. The summed E-state index contributed by atoms with van der Waals surface area (Å²) in [5.74, 6) is -0.806. The highest BCUT2D eigenvalue weighted by molar-refractivity contribution is 14.1. The van der Waals surface area contributed by atoms with Gasteiger partial charge in [-0.1, -0.05) is 35.0 Å². The number of hydrogen-bond donors (Lipinski definition) is 1. The van der Waals surface area contributed by atoms with Gasteiger partial charge in [-0.15, -0.1) is 0 Å². The van der Waals surface area contributed by atoms with Gasteiger partial charge in [0.25, 0.3) is 5.91 Å². The monoisotopic (exact) mass is 714 g/mol. The lowest BCUT2D eigenvalue weighted by Gasteiger charge is -2.31. The van der Waals surface area contributed by atoms with Crippen molar-refractivity contribution in [2.45, 2.75) is 69.1 Å². The van der Waals surface area contributed by atoms with Gasteiger partial charge in [0, 0.05) is 31.6 Å². The lowest BCUT2D eigenvalue weighted by Crippen LogP contribution is -2.45. The fourth-order valence-corrected chi connectivity index (χ4v) is 10.3. The van der Waals surface area contributed by atoms with Crippen LogP contribution in [0.15, 0.2) is 46.9 Å². The van der Waals surface area contributed by atoms with Crippen LogP contribution in [0.25, 0.3) is 0 Å². The molecule has 38 heavy (non-hydrogen) atoms. The first kappa shape index (κ1) is 28.2. The van der Waals surface area contributed by atoms with Crippen molar-refractivity contribution in [1.29, 1.82) is 0 Å². The van der Waals surface area contributed by atoms with E-state index in [2.05, 4.69) is 38.5 Å². The molecule has 1 spiro atoms. The number of rotatable bonds is 6. The third-order valence-corrected chi connectivity index (χ3v) is 12.1. The Balaban J connectivity index is 1.54. The second kappa shape index (κ2) is 10.6. The van der Waals surface area contributed by atoms with E-state index in [9.17, 15) is 14.7 Å². The Labute approximate surface area is 246 Å². The van der Waals surface area contributed by atoms with Crippen molar-refractivity contribution < 1.29 is 23.5 Å². The number of anilines is 1. The van der Waals surface area contributed by atoms with Gasteiger partial charge in [-0.25, -0.2) is 0 Å². The molecule has 0 aliphatic carbocycles. The average Bonchev–Trinajstić information content (AvgIpc) is 3.50. The van der Waals surface area contributed by atoms with Gasteiger partial charge in [0.2, 0.25) is 14.3 Å². The summed E-state index contributed by atoms with van der Waals surface area (Å²) in [6.07, 6.45) is 0.871. The van der Waals surface area contributed by atoms with Gasteiger partial charge in [-0.2, -0.15) is 0 Å². The van der Waals surface area contributed by atoms with Gasteiger partial charge in [-0.05, 0) is 84.4 Å². The fraction of sp³-hybridized carbons (Fsp3) is 0.500.